The van der Waals surface area contributed by atoms with Crippen LogP contribution < -0.4 is 0 Å². The molecule has 3 heteroatoms. The van der Waals surface area contributed by atoms with Crippen LogP contribution in [0.4, 0.5) is 0 Å². The average molecular weight is 413 g/mol. The van der Waals surface area contributed by atoms with E-state index in [9.17, 15) is 5.11 Å². The van der Waals surface area contributed by atoms with E-state index in [0.717, 1.165) is 17.7 Å². The summed E-state index contributed by atoms with van der Waals surface area (Å²) >= 11 is 0. The van der Waals surface area contributed by atoms with E-state index < -0.39 is 0 Å². The highest BCUT2D eigenvalue weighted by Crippen LogP contribution is 2.46. The Morgan fingerprint density at radius 1 is 1.03 bits per heavy atom. The van der Waals surface area contributed by atoms with Crippen LogP contribution in [-0.2, 0) is 17.4 Å². The van der Waals surface area contributed by atoms with Crippen LogP contribution in [0.2, 0.25) is 0 Å². The van der Waals surface area contributed by atoms with Crippen molar-refractivity contribution in [2.45, 2.75) is 57.9 Å². The molecule has 0 unspecified atom stereocenters. The quantitative estimate of drug-likeness (QED) is 0.363. The van der Waals surface area contributed by atoms with Crippen molar-refractivity contribution in [3.8, 4) is 0 Å². The largest absolute Gasteiger partial charge is 0.508 e. The molecule has 0 radical (unpaired) electrons. The number of nitrogens with zero attached hydrogens (tertiary/aromatic N) is 2. The standard InChI is InChI=1S/C28H32N2O/c1-20(31)22-10-7-21(8-11-22)9-12-23-17-25-26(28(4,5)14-13-27(25,2)3)18-24(23)19-30-16-6-15-29-30/h6-12,15-18,31H,1,13-14,19H2,2-5H3/b12-9+. The summed E-state index contributed by atoms with van der Waals surface area (Å²) in [6, 6.07) is 14.6. The molecule has 3 aromatic rings. The zero-order chi connectivity index (χ0) is 22.2. The molecule has 0 bridgehead atoms. The monoisotopic (exact) mass is 412 g/mol. The zero-order valence-corrected chi connectivity index (χ0v) is 19.0. The SMILES string of the molecule is C=C(O)c1ccc(/C=C/c2cc3c(cc2Cn2cccn2)C(C)(C)CCC3(C)C)cc1. The Morgan fingerprint density at radius 2 is 1.68 bits per heavy atom. The van der Waals surface area contributed by atoms with Crippen molar-refractivity contribution in [3.63, 3.8) is 0 Å². The van der Waals surface area contributed by atoms with Crippen molar-refractivity contribution < 1.29 is 5.11 Å². The van der Waals surface area contributed by atoms with E-state index in [4.69, 9.17) is 0 Å². The van der Waals surface area contributed by atoms with E-state index in [1.807, 2.05) is 47.4 Å². The molecule has 3 nitrogen and oxygen atoms in total. The molecule has 1 aromatic heterocycles. The molecule has 0 saturated carbocycles. The Morgan fingerprint density at radius 3 is 2.26 bits per heavy atom. The summed E-state index contributed by atoms with van der Waals surface area (Å²) in [5.41, 5.74) is 7.62. The lowest BCUT2D eigenvalue weighted by atomic mass is 9.62. The second kappa shape index (κ2) is 7.88. The van der Waals surface area contributed by atoms with Gasteiger partial charge in [0.2, 0.25) is 0 Å². The van der Waals surface area contributed by atoms with Gasteiger partial charge in [-0.2, -0.15) is 5.10 Å². The van der Waals surface area contributed by atoms with Crippen molar-refractivity contribution in [2.24, 2.45) is 0 Å². The fourth-order valence-electron chi connectivity index (χ4n) is 4.51. The van der Waals surface area contributed by atoms with Crippen molar-refractivity contribution in [3.05, 3.63) is 94.8 Å². The van der Waals surface area contributed by atoms with Crippen molar-refractivity contribution >= 4 is 17.9 Å². The van der Waals surface area contributed by atoms with E-state index in [1.165, 1.54) is 35.1 Å². The van der Waals surface area contributed by atoms with Gasteiger partial charge in [0.1, 0.15) is 5.76 Å². The molecule has 0 aliphatic heterocycles. The number of aliphatic hydroxyl groups excluding tert-OH is 1. The highest BCUT2D eigenvalue weighted by molar-refractivity contribution is 5.73. The molecule has 160 valence electrons. The Bertz CT molecular complexity index is 1120. The Labute approximate surface area is 185 Å². The minimum atomic E-state index is 0.0940. The number of aliphatic hydroxyl groups is 1. The third-order valence-corrected chi connectivity index (χ3v) is 6.70. The summed E-state index contributed by atoms with van der Waals surface area (Å²) in [7, 11) is 0. The molecule has 0 atom stereocenters. The average Bonchev–Trinajstić information content (AvgIpc) is 3.23. The van der Waals surface area contributed by atoms with Crippen LogP contribution in [0.3, 0.4) is 0 Å². The topological polar surface area (TPSA) is 38.0 Å². The number of rotatable bonds is 5. The minimum absolute atomic E-state index is 0.0940. The summed E-state index contributed by atoms with van der Waals surface area (Å²) in [6.45, 7) is 13.8. The fourth-order valence-corrected chi connectivity index (χ4v) is 4.51. The van der Waals surface area contributed by atoms with Gasteiger partial charge in [-0.1, -0.05) is 82.8 Å². The highest BCUT2D eigenvalue weighted by atomic mass is 16.3. The smallest absolute Gasteiger partial charge is 0.115 e. The van der Waals surface area contributed by atoms with Gasteiger partial charge in [0.25, 0.3) is 0 Å². The van der Waals surface area contributed by atoms with Crippen LogP contribution in [0.5, 0.6) is 0 Å². The van der Waals surface area contributed by atoms with E-state index in [2.05, 4.69) is 63.7 Å². The molecule has 31 heavy (non-hydrogen) atoms. The van der Waals surface area contributed by atoms with Gasteiger partial charge in [0.15, 0.2) is 0 Å². The number of fused-ring (bicyclic) bond motifs is 1. The molecule has 1 aliphatic carbocycles. The third-order valence-electron chi connectivity index (χ3n) is 6.70. The second-order valence-corrected chi connectivity index (χ2v) is 9.97. The summed E-state index contributed by atoms with van der Waals surface area (Å²) in [5, 5.41) is 14.0. The van der Waals surface area contributed by atoms with Gasteiger partial charge >= 0.3 is 0 Å². The Balaban J connectivity index is 1.78. The molecule has 0 amide bonds. The Kier molecular flexibility index (Phi) is 5.38. The van der Waals surface area contributed by atoms with Crippen LogP contribution in [-0.4, -0.2) is 14.9 Å². The first-order valence-corrected chi connectivity index (χ1v) is 11.0. The number of aromatic nitrogens is 2. The fraction of sp³-hybridized carbons (Fsp3) is 0.321. The highest BCUT2D eigenvalue weighted by Gasteiger charge is 2.37. The van der Waals surface area contributed by atoms with E-state index in [0.29, 0.717) is 0 Å². The predicted octanol–water partition coefficient (Wildman–Crippen LogP) is 6.98. The normalized spacial score (nSPS) is 16.9. The first-order valence-electron chi connectivity index (χ1n) is 11.0. The van der Waals surface area contributed by atoms with Crippen LogP contribution in [0, 0.1) is 0 Å². The maximum Gasteiger partial charge on any atom is 0.115 e. The van der Waals surface area contributed by atoms with Crippen LogP contribution in [0.25, 0.3) is 17.9 Å². The molecular formula is C28H32N2O. The summed E-state index contributed by atoms with van der Waals surface area (Å²) in [4.78, 5) is 0. The first kappa shape index (κ1) is 21.2. The predicted molar refractivity (Wildman–Crippen MR) is 130 cm³/mol. The molecule has 0 spiro atoms. The van der Waals surface area contributed by atoms with Gasteiger partial charge in [-0.25, -0.2) is 0 Å². The molecular weight excluding hydrogens is 380 g/mol. The summed E-state index contributed by atoms with van der Waals surface area (Å²) in [6.07, 6.45) is 10.6. The summed E-state index contributed by atoms with van der Waals surface area (Å²) < 4.78 is 1.99. The number of hydrogen-bond acceptors (Lipinski definition) is 2. The Hall–Kier alpha value is -3.07. The maximum atomic E-state index is 9.56. The van der Waals surface area contributed by atoms with Gasteiger partial charge in [-0.05, 0) is 57.6 Å². The third kappa shape index (κ3) is 4.36. The van der Waals surface area contributed by atoms with Gasteiger partial charge in [-0.3, -0.25) is 4.68 Å². The van der Waals surface area contributed by atoms with Crippen molar-refractivity contribution in [1.29, 1.82) is 0 Å². The lowest BCUT2D eigenvalue weighted by molar-refractivity contribution is 0.331. The van der Waals surface area contributed by atoms with Gasteiger partial charge in [-0.15, -0.1) is 0 Å². The summed E-state index contributed by atoms with van der Waals surface area (Å²) in [5.74, 6) is 0.0940. The van der Waals surface area contributed by atoms with Gasteiger partial charge in [0.05, 0.1) is 6.54 Å². The zero-order valence-electron chi connectivity index (χ0n) is 19.0. The van der Waals surface area contributed by atoms with Gasteiger partial charge in [0, 0.05) is 18.0 Å². The molecule has 2 aromatic carbocycles. The second-order valence-electron chi connectivity index (χ2n) is 9.97. The lowest BCUT2D eigenvalue weighted by Gasteiger charge is -2.42. The van der Waals surface area contributed by atoms with E-state index in [-0.39, 0.29) is 16.6 Å². The molecule has 0 saturated heterocycles. The number of benzene rings is 2. The molecule has 1 aliphatic rings. The molecule has 1 heterocycles. The van der Waals surface area contributed by atoms with Crippen molar-refractivity contribution in [1.82, 2.24) is 9.78 Å². The van der Waals surface area contributed by atoms with Crippen LogP contribution in [0.15, 0.2) is 61.4 Å². The van der Waals surface area contributed by atoms with Crippen LogP contribution in [0.1, 0.15) is 73.9 Å². The van der Waals surface area contributed by atoms with Crippen LogP contribution >= 0.6 is 0 Å². The molecule has 4 rings (SSSR count). The van der Waals surface area contributed by atoms with E-state index >= 15 is 0 Å². The molecule has 0 fully saturated rings. The van der Waals surface area contributed by atoms with Crippen molar-refractivity contribution in [2.75, 3.05) is 0 Å². The molecule has 1 N–H and O–H groups in total. The van der Waals surface area contributed by atoms with E-state index in [1.54, 1.807) is 0 Å². The first-order chi connectivity index (χ1) is 14.7. The minimum Gasteiger partial charge on any atom is -0.508 e. The maximum absolute atomic E-state index is 9.56. The van der Waals surface area contributed by atoms with Gasteiger partial charge < -0.3 is 5.11 Å². The number of hydrogen-bond donors (Lipinski definition) is 1. The lowest BCUT2D eigenvalue weighted by Crippen LogP contribution is -2.34.